The van der Waals surface area contributed by atoms with Crippen LogP contribution in [0.3, 0.4) is 0 Å². The topological polar surface area (TPSA) is 36.7 Å². The van der Waals surface area contributed by atoms with Gasteiger partial charge in [-0.3, -0.25) is 0 Å². The van der Waals surface area contributed by atoms with Crippen LogP contribution >= 0.6 is 33.9 Å². The summed E-state index contributed by atoms with van der Waals surface area (Å²) in [7, 11) is 0. The van der Waals surface area contributed by atoms with Crippen molar-refractivity contribution < 1.29 is 13.2 Å². The fourth-order valence-electron chi connectivity index (χ4n) is 2.12. The molecule has 0 unspecified atom stereocenters. The van der Waals surface area contributed by atoms with Crippen molar-refractivity contribution in [2.45, 2.75) is 6.18 Å². The van der Waals surface area contributed by atoms with Crippen LogP contribution in [0, 0.1) is 14.9 Å². The third kappa shape index (κ3) is 3.60. The lowest BCUT2D eigenvalue weighted by Crippen LogP contribution is -2.03. The highest BCUT2D eigenvalue weighted by molar-refractivity contribution is 14.1. The zero-order chi connectivity index (χ0) is 17.3. The number of alkyl halides is 3. The van der Waals surface area contributed by atoms with E-state index in [2.05, 4.69) is 33.6 Å². The zero-order valence-corrected chi connectivity index (χ0v) is 14.9. The molecule has 0 aliphatic rings. The molecule has 0 amide bonds. The Morgan fingerprint density at radius 1 is 1.21 bits per heavy atom. The lowest BCUT2D eigenvalue weighted by Gasteiger charge is -2.04. The number of benzene rings is 2. The van der Waals surface area contributed by atoms with Gasteiger partial charge in [0.1, 0.15) is 11.1 Å². The van der Waals surface area contributed by atoms with Gasteiger partial charge in [-0.05, 0) is 64.6 Å². The van der Waals surface area contributed by atoms with Crippen molar-refractivity contribution >= 4 is 55.8 Å². The first kappa shape index (κ1) is 16.9. The molecule has 0 saturated heterocycles. The van der Waals surface area contributed by atoms with Crippen LogP contribution in [0.5, 0.6) is 0 Å². The van der Waals surface area contributed by atoms with E-state index in [1.165, 1.54) is 17.4 Å². The maximum atomic E-state index is 12.8. The summed E-state index contributed by atoms with van der Waals surface area (Å²) in [6.45, 7) is 0. The molecule has 0 N–H and O–H groups in total. The van der Waals surface area contributed by atoms with Crippen LogP contribution in [0.2, 0.25) is 0 Å². The van der Waals surface area contributed by atoms with Crippen LogP contribution in [-0.2, 0) is 6.18 Å². The summed E-state index contributed by atoms with van der Waals surface area (Å²) in [6.07, 6.45) is -2.73. The van der Waals surface area contributed by atoms with E-state index in [4.69, 9.17) is 0 Å². The standard InChI is InChI=1S/C17H8F3IN2S/c18-17(19,20)12-4-5-15-14(8-12)23-16(24-15)11(9-22)6-10-2-1-3-13(21)7-10/h1-8H/b11-6-. The molecular formula is C17H8F3IN2S. The summed E-state index contributed by atoms with van der Waals surface area (Å²) in [4.78, 5) is 4.20. The molecule has 2 nitrogen and oxygen atoms in total. The highest BCUT2D eigenvalue weighted by Crippen LogP contribution is 2.34. The summed E-state index contributed by atoms with van der Waals surface area (Å²) in [6, 6.07) is 13.1. The molecule has 0 aliphatic carbocycles. The number of hydrogen-bond acceptors (Lipinski definition) is 3. The molecule has 0 bridgehead atoms. The molecule has 0 saturated carbocycles. The van der Waals surface area contributed by atoms with Crippen LogP contribution in [0.4, 0.5) is 13.2 Å². The predicted molar refractivity (Wildman–Crippen MR) is 97.3 cm³/mol. The number of aromatic nitrogens is 1. The number of thiazole rings is 1. The molecule has 3 rings (SSSR count). The van der Waals surface area contributed by atoms with Gasteiger partial charge in [-0.1, -0.05) is 12.1 Å². The Balaban J connectivity index is 2.06. The molecule has 0 radical (unpaired) electrons. The number of nitrogens with zero attached hydrogens (tertiary/aromatic N) is 2. The summed E-state index contributed by atoms with van der Waals surface area (Å²) >= 11 is 3.37. The molecule has 0 spiro atoms. The van der Waals surface area contributed by atoms with Gasteiger partial charge in [0.2, 0.25) is 0 Å². The van der Waals surface area contributed by atoms with Crippen molar-refractivity contribution in [3.8, 4) is 6.07 Å². The van der Waals surface area contributed by atoms with Crippen LogP contribution in [-0.4, -0.2) is 4.98 Å². The lowest BCUT2D eigenvalue weighted by molar-refractivity contribution is -0.137. The van der Waals surface area contributed by atoms with E-state index >= 15 is 0 Å². The fraction of sp³-hybridized carbons (Fsp3) is 0.0588. The number of fused-ring (bicyclic) bond motifs is 1. The minimum Gasteiger partial charge on any atom is -0.235 e. The van der Waals surface area contributed by atoms with E-state index in [9.17, 15) is 18.4 Å². The average Bonchev–Trinajstić information content (AvgIpc) is 2.94. The molecule has 1 aromatic heterocycles. The maximum Gasteiger partial charge on any atom is 0.416 e. The van der Waals surface area contributed by atoms with Crippen LogP contribution < -0.4 is 0 Å². The van der Waals surface area contributed by atoms with E-state index in [0.717, 1.165) is 21.3 Å². The third-order valence-electron chi connectivity index (χ3n) is 3.23. The molecule has 0 fully saturated rings. The predicted octanol–water partition coefficient (Wildman–Crippen LogP) is 5.98. The van der Waals surface area contributed by atoms with Gasteiger partial charge < -0.3 is 0 Å². The van der Waals surface area contributed by atoms with Gasteiger partial charge in [0.05, 0.1) is 21.4 Å². The van der Waals surface area contributed by atoms with E-state index in [-0.39, 0.29) is 5.52 Å². The van der Waals surface area contributed by atoms with Crippen LogP contribution in [0.15, 0.2) is 42.5 Å². The van der Waals surface area contributed by atoms with Crippen molar-refractivity contribution in [2.75, 3.05) is 0 Å². The van der Waals surface area contributed by atoms with Gasteiger partial charge in [0.25, 0.3) is 0 Å². The Labute approximate surface area is 153 Å². The Morgan fingerprint density at radius 2 is 2.00 bits per heavy atom. The molecular weight excluding hydrogens is 448 g/mol. The molecule has 1 heterocycles. The van der Waals surface area contributed by atoms with Crippen LogP contribution in [0.25, 0.3) is 21.9 Å². The van der Waals surface area contributed by atoms with Crippen molar-refractivity contribution in [2.24, 2.45) is 0 Å². The first-order chi connectivity index (χ1) is 11.4. The second kappa shape index (κ2) is 6.53. The van der Waals surface area contributed by atoms with Gasteiger partial charge >= 0.3 is 6.18 Å². The van der Waals surface area contributed by atoms with Crippen molar-refractivity contribution in [3.63, 3.8) is 0 Å². The first-order valence-electron chi connectivity index (χ1n) is 6.72. The van der Waals surface area contributed by atoms with Gasteiger partial charge in [0.15, 0.2) is 0 Å². The van der Waals surface area contributed by atoms with Crippen molar-refractivity contribution in [3.05, 3.63) is 62.2 Å². The van der Waals surface area contributed by atoms with Gasteiger partial charge in [-0.25, -0.2) is 4.98 Å². The third-order valence-corrected chi connectivity index (χ3v) is 4.97. The quantitative estimate of drug-likeness (QED) is 0.351. The minimum absolute atomic E-state index is 0.244. The van der Waals surface area contributed by atoms with E-state index in [1.807, 2.05) is 24.3 Å². The number of allylic oxidation sites excluding steroid dienone is 1. The SMILES string of the molecule is N#C/C(=C/c1cccc(I)c1)c1nc2cc(C(F)(F)F)ccc2s1. The van der Waals surface area contributed by atoms with Gasteiger partial charge in [0, 0.05) is 3.57 Å². The van der Waals surface area contributed by atoms with Crippen LogP contribution in [0.1, 0.15) is 16.1 Å². The monoisotopic (exact) mass is 456 g/mol. The average molecular weight is 456 g/mol. The Morgan fingerprint density at radius 3 is 2.67 bits per heavy atom. The Bertz CT molecular complexity index is 983. The molecule has 7 heteroatoms. The summed E-state index contributed by atoms with van der Waals surface area (Å²) in [5.41, 5.74) is 0.668. The lowest BCUT2D eigenvalue weighted by atomic mass is 10.1. The van der Waals surface area contributed by atoms with E-state index in [0.29, 0.717) is 15.3 Å². The van der Waals surface area contributed by atoms with Crippen molar-refractivity contribution in [1.82, 2.24) is 4.98 Å². The number of halogens is 4. The molecule has 3 aromatic rings. The fourth-order valence-corrected chi connectivity index (χ4v) is 3.60. The summed E-state index contributed by atoms with van der Waals surface area (Å²) < 4.78 is 40.0. The molecule has 0 atom stereocenters. The highest BCUT2D eigenvalue weighted by atomic mass is 127. The summed E-state index contributed by atoms with van der Waals surface area (Å²) in [5, 5.41) is 9.79. The van der Waals surface area contributed by atoms with Gasteiger partial charge in [-0.15, -0.1) is 11.3 Å². The molecule has 24 heavy (non-hydrogen) atoms. The van der Waals surface area contributed by atoms with Crippen molar-refractivity contribution in [1.29, 1.82) is 5.26 Å². The molecule has 0 aliphatic heterocycles. The summed E-state index contributed by atoms with van der Waals surface area (Å²) in [5.74, 6) is 0. The normalized spacial score (nSPS) is 12.4. The second-order valence-corrected chi connectivity index (χ2v) is 7.20. The first-order valence-corrected chi connectivity index (χ1v) is 8.62. The number of hydrogen-bond donors (Lipinski definition) is 0. The second-order valence-electron chi connectivity index (χ2n) is 4.92. The smallest absolute Gasteiger partial charge is 0.235 e. The Hall–Kier alpha value is -1.92. The minimum atomic E-state index is -4.41. The number of rotatable bonds is 2. The highest BCUT2D eigenvalue weighted by Gasteiger charge is 2.30. The van der Waals surface area contributed by atoms with E-state index < -0.39 is 11.7 Å². The largest absolute Gasteiger partial charge is 0.416 e. The van der Waals surface area contributed by atoms with E-state index in [1.54, 1.807) is 6.08 Å². The zero-order valence-electron chi connectivity index (χ0n) is 11.9. The molecule has 120 valence electrons. The van der Waals surface area contributed by atoms with Gasteiger partial charge in [-0.2, -0.15) is 18.4 Å². The number of nitriles is 1. The molecule has 2 aromatic carbocycles. The Kier molecular flexibility index (Phi) is 4.60. The maximum absolute atomic E-state index is 12.8.